The number of thioether (sulfide) groups is 1. The Labute approximate surface area is 164 Å². The summed E-state index contributed by atoms with van der Waals surface area (Å²) in [7, 11) is 0. The highest BCUT2D eigenvalue weighted by Gasteiger charge is 2.10. The molecule has 0 radical (unpaired) electrons. The zero-order valence-electron chi connectivity index (χ0n) is 14.6. The Morgan fingerprint density at radius 2 is 1.71 bits per heavy atom. The number of amides is 2. The first-order valence-corrected chi connectivity index (χ1v) is 9.20. The summed E-state index contributed by atoms with van der Waals surface area (Å²) < 4.78 is 17.6. The Bertz CT molecular complexity index is 897. The molecular weight excluding hydrogens is 385 g/mol. The second kappa shape index (κ2) is 10.7. The fourth-order valence-electron chi connectivity index (χ4n) is 2.01. The van der Waals surface area contributed by atoms with Crippen molar-refractivity contribution in [3.63, 3.8) is 0 Å². The van der Waals surface area contributed by atoms with Crippen LogP contribution in [0.5, 0.6) is 0 Å². The molecule has 0 aromatic heterocycles. The molecule has 7 nitrogen and oxygen atoms in total. The highest BCUT2D eigenvalue weighted by Crippen LogP contribution is 2.11. The van der Waals surface area contributed by atoms with E-state index in [-0.39, 0.29) is 17.4 Å². The third-order valence-corrected chi connectivity index (χ3v) is 4.13. The minimum Gasteiger partial charge on any atom is -0.455 e. The van der Waals surface area contributed by atoms with E-state index in [9.17, 15) is 18.8 Å². The zero-order valence-corrected chi connectivity index (χ0v) is 15.4. The number of benzene rings is 2. The van der Waals surface area contributed by atoms with Crippen LogP contribution in [0, 0.1) is 17.1 Å². The van der Waals surface area contributed by atoms with Gasteiger partial charge in [0.1, 0.15) is 5.82 Å². The Morgan fingerprint density at radius 3 is 2.43 bits per heavy atom. The molecule has 0 aliphatic rings. The molecule has 144 valence electrons. The highest BCUT2D eigenvalue weighted by molar-refractivity contribution is 8.00. The van der Waals surface area contributed by atoms with Crippen molar-refractivity contribution < 1.29 is 23.5 Å². The molecule has 0 saturated heterocycles. The monoisotopic (exact) mass is 401 g/mol. The van der Waals surface area contributed by atoms with E-state index in [1.165, 1.54) is 30.3 Å². The first-order chi connectivity index (χ1) is 13.5. The number of esters is 1. The predicted molar refractivity (Wildman–Crippen MR) is 103 cm³/mol. The Balaban J connectivity index is 1.64. The first-order valence-electron chi connectivity index (χ1n) is 8.05. The number of nitrogens with zero attached hydrogens (tertiary/aromatic N) is 1. The van der Waals surface area contributed by atoms with Crippen molar-refractivity contribution in [2.75, 3.05) is 28.7 Å². The second-order valence-corrected chi connectivity index (χ2v) is 6.43. The van der Waals surface area contributed by atoms with E-state index in [4.69, 9.17) is 10.00 Å². The van der Waals surface area contributed by atoms with E-state index >= 15 is 0 Å². The SMILES string of the molecule is N#Cc1cccc(NC(=O)COC(=O)CSCC(=O)Nc2ccc(F)cc2)c1. The van der Waals surface area contributed by atoms with Crippen molar-refractivity contribution in [3.05, 3.63) is 59.9 Å². The van der Waals surface area contributed by atoms with Crippen molar-refractivity contribution in [1.82, 2.24) is 0 Å². The maximum atomic E-state index is 12.8. The van der Waals surface area contributed by atoms with Crippen LogP contribution in [0.25, 0.3) is 0 Å². The third kappa shape index (κ3) is 7.47. The molecule has 2 amide bonds. The van der Waals surface area contributed by atoms with Gasteiger partial charge < -0.3 is 15.4 Å². The van der Waals surface area contributed by atoms with Crippen LogP contribution in [0.3, 0.4) is 0 Å². The van der Waals surface area contributed by atoms with E-state index in [2.05, 4.69) is 10.6 Å². The maximum absolute atomic E-state index is 12.8. The van der Waals surface area contributed by atoms with Gasteiger partial charge in [-0.3, -0.25) is 14.4 Å². The molecule has 2 rings (SSSR count). The van der Waals surface area contributed by atoms with Crippen molar-refractivity contribution in [2.45, 2.75) is 0 Å². The number of carbonyl (C=O) groups is 3. The number of nitriles is 1. The second-order valence-electron chi connectivity index (χ2n) is 5.45. The van der Waals surface area contributed by atoms with E-state index in [0.717, 1.165) is 11.8 Å². The first kappa shape index (κ1) is 20.9. The van der Waals surface area contributed by atoms with Gasteiger partial charge in [0.05, 0.1) is 23.1 Å². The molecular formula is C19H16FN3O4S. The van der Waals surface area contributed by atoms with Crippen molar-refractivity contribution >= 4 is 40.9 Å². The van der Waals surface area contributed by atoms with Crippen molar-refractivity contribution in [1.29, 1.82) is 5.26 Å². The lowest BCUT2D eigenvalue weighted by Crippen LogP contribution is -2.22. The van der Waals surface area contributed by atoms with Gasteiger partial charge in [0, 0.05) is 11.4 Å². The van der Waals surface area contributed by atoms with Gasteiger partial charge in [-0.15, -0.1) is 11.8 Å². The molecule has 9 heteroatoms. The number of rotatable bonds is 8. The lowest BCUT2D eigenvalue weighted by atomic mass is 10.2. The number of hydrogen-bond acceptors (Lipinski definition) is 6. The number of hydrogen-bond donors (Lipinski definition) is 2. The van der Waals surface area contributed by atoms with E-state index in [0.29, 0.717) is 16.9 Å². The summed E-state index contributed by atoms with van der Waals surface area (Å²) >= 11 is 1.02. The van der Waals surface area contributed by atoms with E-state index in [1.54, 1.807) is 18.2 Å². The molecule has 0 aliphatic carbocycles. The van der Waals surface area contributed by atoms with Gasteiger partial charge in [0.15, 0.2) is 6.61 Å². The van der Waals surface area contributed by atoms with Crippen LogP contribution in [0.4, 0.5) is 15.8 Å². The van der Waals surface area contributed by atoms with E-state index < -0.39 is 24.3 Å². The molecule has 28 heavy (non-hydrogen) atoms. The number of halogens is 1. The molecule has 0 unspecified atom stereocenters. The molecule has 2 aromatic carbocycles. The molecule has 2 N–H and O–H groups in total. The molecule has 0 aliphatic heterocycles. The summed E-state index contributed by atoms with van der Waals surface area (Å²) in [5.74, 6) is -2.03. The van der Waals surface area contributed by atoms with Crippen LogP contribution in [-0.2, 0) is 19.1 Å². The van der Waals surface area contributed by atoms with Crippen molar-refractivity contribution in [3.8, 4) is 6.07 Å². The molecule has 0 fully saturated rings. The standard InChI is InChI=1S/C19H16FN3O4S/c20-14-4-6-15(7-5-14)22-18(25)11-28-12-19(26)27-10-17(24)23-16-3-1-2-13(8-16)9-21/h1-8H,10-12H2,(H,22,25)(H,23,24). The quantitative estimate of drug-likeness (QED) is 0.658. The Morgan fingerprint density at radius 1 is 1.00 bits per heavy atom. The lowest BCUT2D eigenvalue weighted by molar-refractivity contribution is -0.144. The summed E-state index contributed by atoms with van der Waals surface area (Å²) in [6.45, 7) is -0.474. The minimum atomic E-state index is -0.638. The smallest absolute Gasteiger partial charge is 0.316 e. The fraction of sp³-hybridized carbons (Fsp3) is 0.158. The van der Waals surface area contributed by atoms with Gasteiger partial charge in [-0.1, -0.05) is 6.07 Å². The van der Waals surface area contributed by atoms with Gasteiger partial charge in [-0.05, 0) is 42.5 Å². The molecule has 0 atom stereocenters. The fourth-order valence-corrected chi connectivity index (χ4v) is 2.62. The number of nitrogens with one attached hydrogen (secondary N) is 2. The number of ether oxygens (including phenoxy) is 1. The summed E-state index contributed by atoms with van der Waals surface area (Å²) in [4.78, 5) is 35.1. The predicted octanol–water partition coefficient (Wildman–Crippen LogP) is 2.55. The summed E-state index contributed by atoms with van der Waals surface area (Å²) in [6, 6.07) is 13.6. The normalized spacial score (nSPS) is 9.86. The number of anilines is 2. The lowest BCUT2D eigenvalue weighted by Gasteiger charge is -2.07. The van der Waals surface area contributed by atoms with Crippen LogP contribution >= 0.6 is 11.8 Å². The zero-order chi connectivity index (χ0) is 20.4. The van der Waals surface area contributed by atoms with Gasteiger partial charge in [-0.2, -0.15) is 5.26 Å². The highest BCUT2D eigenvalue weighted by atomic mass is 32.2. The van der Waals surface area contributed by atoms with Gasteiger partial charge in [0.25, 0.3) is 5.91 Å². The van der Waals surface area contributed by atoms with Gasteiger partial charge in [-0.25, -0.2) is 4.39 Å². The summed E-state index contributed by atoms with van der Waals surface area (Å²) in [6.07, 6.45) is 0. The molecule has 0 saturated carbocycles. The summed E-state index contributed by atoms with van der Waals surface area (Å²) in [5, 5.41) is 13.9. The van der Waals surface area contributed by atoms with Crippen molar-refractivity contribution in [2.24, 2.45) is 0 Å². The molecule has 2 aromatic rings. The largest absolute Gasteiger partial charge is 0.455 e. The van der Waals surface area contributed by atoms with Crippen LogP contribution < -0.4 is 10.6 Å². The maximum Gasteiger partial charge on any atom is 0.316 e. The van der Waals surface area contributed by atoms with Crippen LogP contribution in [0.2, 0.25) is 0 Å². The average Bonchev–Trinajstić information content (AvgIpc) is 2.68. The minimum absolute atomic E-state index is 0.000372. The van der Waals surface area contributed by atoms with Crippen LogP contribution in [0.1, 0.15) is 5.56 Å². The summed E-state index contributed by atoms with van der Waals surface area (Å²) in [5.41, 5.74) is 1.27. The molecule has 0 bridgehead atoms. The van der Waals surface area contributed by atoms with Crippen LogP contribution in [-0.4, -0.2) is 35.9 Å². The third-order valence-electron chi connectivity index (χ3n) is 3.22. The number of carbonyl (C=O) groups excluding carboxylic acids is 3. The molecule has 0 heterocycles. The van der Waals surface area contributed by atoms with Gasteiger partial charge in [0.2, 0.25) is 5.91 Å². The van der Waals surface area contributed by atoms with Crippen LogP contribution in [0.15, 0.2) is 48.5 Å². The Hall–Kier alpha value is -3.38. The Kier molecular flexibility index (Phi) is 7.99. The topological polar surface area (TPSA) is 108 Å². The average molecular weight is 401 g/mol. The molecule has 0 spiro atoms. The van der Waals surface area contributed by atoms with Gasteiger partial charge >= 0.3 is 5.97 Å². The van der Waals surface area contributed by atoms with E-state index in [1.807, 2.05) is 6.07 Å².